The second kappa shape index (κ2) is 4.77. The molecule has 1 aromatic heterocycles. The van der Waals surface area contributed by atoms with Crippen LogP contribution in [0.3, 0.4) is 0 Å². The van der Waals surface area contributed by atoms with Crippen molar-refractivity contribution in [2.24, 2.45) is 0 Å². The molecular weight excluding hydrogens is 172 g/mol. The smallest absolute Gasteiger partial charge is 0.321 e. The van der Waals surface area contributed by atoms with Gasteiger partial charge in [0.1, 0.15) is 0 Å². The van der Waals surface area contributed by atoms with Gasteiger partial charge in [-0.05, 0) is 0 Å². The Balaban J connectivity index is 2.23. The molecule has 2 N–H and O–H groups in total. The van der Waals surface area contributed by atoms with Gasteiger partial charge in [-0.15, -0.1) is 0 Å². The molecule has 0 radical (unpaired) electrons. The second-order valence-corrected chi connectivity index (χ2v) is 2.17. The molecule has 2 amide bonds. The Morgan fingerprint density at radius 3 is 3.23 bits per heavy atom. The second-order valence-electron chi connectivity index (χ2n) is 2.17. The number of nitrogens with one attached hydrogen (secondary N) is 2. The molecule has 68 valence electrons. The van der Waals surface area contributed by atoms with Gasteiger partial charge in [-0.3, -0.25) is 5.32 Å². The predicted octanol–water partition coefficient (Wildman–Crippen LogP) is 0.710. The monoisotopic (exact) mass is 180 g/mol. The molecule has 0 aliphatic heterocycles. The van der Waals surface area contributed by atoms with E-state index in [-0.39, 0.29) is 12.3 Å². The quantitative estimate of drug-likeness (QED) is 0.670. The Bertz CT molecular complexity index is 301. The molecule has 0 unspecified atom stereocenters. The number of hydrogen-bond acceptors (Lipinski definition) is 4. The fourth-order valence-electron chi connectivity index (χ4n) is 0.668. The van der Waals surface area contributed by atoms with Crippen molar-refractivity contribution in [1.82, 2.24) is 10.5 Å². The molecule has 0 saturated heterocycles. The summed E-state index contributed by atoms with van der Waals surface area (Å²) in [4.78, 5) is 11.0. The summed E-state index contributed by atoms with van der Waals surface area (Å²) in [5.74, 6) is 0.273. The van der Waals surface area contributed by atoms with Gasteiger partial charge in [-0.25, -0.2) is 4.79 Å². The molecule has 0 atom stereocenters. The van der Waals surface area contributed by atoms with Crippen LogP contribution in [0.5, 0.6) is 0 Å². The van der Waals surface area contributed by atoms with E-state index in [2.05, 4.69) is 20.3 Å². The summed E-state index contributed by atoms with van der Waals surface area (Å²) in [6.45, 7) is 0.316. The zero-order valence-electron chi connectivity index (χ0n) is 6.78. The molecule has 1 aromatic rings. The first-order valence-corrected chi connectivity index (χ1v) is 3.65. The highest BCUT2D eigenvalue weighted by Crippen LogP contribution is 2.02. The number of amides is 2. The number of carbonyl (C=O) groups excluding carboxylic acids is 1. The Hall–Kier alpha value is -2.03. The molecule has 1 heterocycles. The molecule has 1 rings (SSSR count). The van der Waals surface area contributed by atoms with Gasteiger partial charge in [0.25, 0.3) is 0 Å². The van der Waals surface area contributed by atoms with Crippen molar-refractivity contribution >= 4 is 11.9 Å². The zero-order valence-corrected chi connectivity index (χ0v) is 6.78. The maximum absolute atomic E-state index is 11.0. The predicted molar refractivity (Wildman–Crippen MR) is 43.8 cm³/mol. The van der Waals surface area contributed by atoms with E-state index in [1.807, 2.05) is 6.07 Å². The van der Waals surface area contributed by atoms with E-state index in [0.29, 0.717) is 6.54 Å². The van der Waals surface area contributed by atoms with Crippen molar-refractivity contribution in [3.05, 3.63) is 12.3 Å². The van der Waals surface area contributed by atoms with Crippen molar-refractivity contribution in [2.75, 3.05) is 11.9 Å². The molecule has 0 aromatic carbocycles. The van der Waals surface area contributed by atoms with Crippen LogP contribution < -0.4 is 10.6 Å². The number of anilines is 1. The maximum atomic E-state index is 11.0. The van der Waals surface area contributed by atoms with E-state index in [0.717, 1.165) is 0 Å². The van der Waals surface area contributed by atoms with Crippen LogP contribution in [-0.2, 0) is 0 Å². The van der Waals surface area contributed by atoms with Crippen LogP contribution in [0.2, 0.25) is 0 Å². The van der Waals surface area contributed by atoms with Gasteiger partial charge in [0.05, 0.1) is 18.7 Å². The molecule has 6 nitrogen and oxygen atoms in total. The fourth-order valence-corrected chi connectivity index (χ4v) is 0.668. The van der Waals surface area contributed by atoms with E-state index in [1.54, 1.807) is 0 Å². The summed E-state index contributed by atoms with van der Waals surface area (Å²) in [6.07, 6.45) is 1.70. The van der Waals surface area contributed by atoms with Gasteiger partial charge >= 0.3 is 6.03 Å². The topological polar surface area (TPSA) is 91.0 Å². The third-order valence-electron chi connectivity index (χ3n) is 1.20. The third-order valence-corrected chi connectivity index (χ3v) is 1.20. The van der Waals surface area contributed by atoms with Gasteiger partial charge < -0.3 is 9.84 Å². The van der Waals surface area contributed by atoms with Gasteiger partial charge in [0.2, 0.25) is 5.88 Å². The summed E-state index contributed by atoms with van der Waals surface area (Å²) >= 11 is 0. The van der Waals surface area contributed by atoms with Crippen molar-refractivity contribution < 1.29 is 9.32 Å². The fraction of sp³-hybridized carbons (Fsp3) is 0.286. The maximum Gasteiger partial charge on any atom is 0.321 e. The lowest BCUT2D eigenvalue weighted by Gasteiger charge is -2.00. The Labute approximate surface area is 74.5 Å². The summed E-state index contributed by atoms with van der Waals surface area (Å²) in [5.41, 5.74) is 0. The van der Waals surface area contributed by atoms with Crippen LogP contribution in [0.1, 0.15) is 6.42 Å². The van der Waals surface area contributed by atoms with Gasteiger partial charge in [-0.2, -0.15) is 5.26 Å². The van der Waals surface area contributed by atoms with Crippen LogP contribution in [-0.4, -0.2) is 17.7 Å². The first kappa shape index (κ1) is 9.06. The van der Waals surface area contributed by atoms with Gasteiger partial charge in [0, 0.05) is 12.6 Å². The highest BCUT2D eigenvalue weighted by Gasteiger charge is 2.02. The Kier molecular flexibility index (Phi) is 3.32. The van der Waals surface area contributed by atoms with Crippen LogP contribution in [0.25, 0.3) is 0 Å². The lowest BCUT2D eigenvalue weighted by molar-refractivity contribution is 0.251. The van der Waals surface area contributed by atoms with Crippen LogP contribution >= 0.6 is 0 Å². The first-order chi connectivity index (χ1) is 6.33. The number of rotatable bonds is 3. The van der Waals surface area contributed by atoms with Crippen molar-refractivity contribution in [3.63, 3.8) is 0 Å². The molecule has 0 bridgehead atoms. The van der Waals surface area contributed by atoms with Gasteiger partial charge in [-0.1, -0.05) is 5.16 Å². The molecule has 13 heavy (non-hydrogen) atoms. The molecule has 0 spiro atoms. The van der Waals surface area contributed by atoms with Crippen LogP contribution in [0.4, 0.5) is 10.7 Å². The van der Waals surface area contributed by atoms with Crippen molar-refractivity contribution in [3.8, 4) is 6.07 Å². The number of aromatic nitrogens is 1. The minimum atomic E-state index is -0.410. The summed E-state index contributed by atoms with van der Waals surface area (Å²) in [7, 11) is 0. The summed E-state index contributed by atoms with van der Waals surface area (Å²) in [6, 6.07) is 3.01. The van der Waals surface area contributed by atoms with E-state index in [1.165, 1.54) is 12.3 Å². The number of hydrogen-bond donors (Lipinski definition) is 2. The van der Waals surface area contributed by atoms with E-state index in [9.17, 15) is 4.79 Å². The lowest BCUT2D eigenvalue weighted by Crippen LogP contribution is -2.29. The normalized spacial score (nSPS) is 8.85. The minimum Gasteiger partial charge on any atom is -0.338 e. The third kappa shape index (κ3) is 3.25. The van der Waals surface area contributed by atoms with Crippen LogP contribution in [0.15, 0.2) is 16.8 Å². The summed E-state index contributed by atoms with van der Waals surface area (Å²) < 4.78 is 4.62. The highest BCUT2D eigenvalue weighted by atomic mass is 16.5. The average Bonchev–Trinajstić information content (AvgIpc) is 2.57. The number of carbonyl (C=O) groups is 1. The summed E-state index contributed by atoms with van der Waals surface area (Å²) in [5, 5.41) is 16.4. The lowest BCUT2D eigenvalue weighted by atomic mass is 10.5. The molecule has 0 fully saturated rings. The highest BCUT2D eigenvalue weighted by molar-refractivity contribution is 5.87. The molecule has 0 saturated carbocycles. The molecular formula is C7H8N4O2. The Morgan fingerprint density at radius 2 is 2.62 bits per heavy atom. The van der Waals surface area contributed by atoms with Crippen LogP contribution in [0, 0.1) is 11.3 Å². The minimum absolute atomic E-state index is 0.273. The average molecular weight is 180 g/mol. The number of nitriles is 1. The number of urea groups is 1. The SMILES string of the molecule is N#CCCNC(=O)Nc1ccno1. The van der Waals surface area contributed by atoms with E-state index < -0.39 is 6.03 Å². The molecule has 0 aliphatic carbocycles. The number of nitrogens with zero attached hydrogens (tertiary/aromatic N) is 2. The molecule has 0 aliphatic rings. The standard InChI is InChI=1S/C7H8N4O2/c8-3-1-4-9-7(12)11-6-2-5-10-13-6/h2,5H,1,4H2,(H2,9,11,12). The largest absolute Gasteiger partial charge is 0.338 e. The molecule has 6 heteroatoms. The zero-order chi connectivity index (χ0) is 9.52. The van der Waals surface area contributed by atoms with E-state index in [4.69, 9.17) is 5.26 Å². The van der Waals surface area contributed by atoms with Crippen molar-refractivity contribution in [1.29, 1.82) is 5.26 Å². The van der Waals surface area contributed by atoms with Crippen molar-refractivity contribution in [2.45, 2.75) is 6.42 Å². The van der Waals surface area contributed by atoms with E-state index >= 15 is 0 Å². The van der Waals surface area contributed by atoms with Gasteiger partial charge in [0.15, 0.2) is 0 Å². The first-order valence-electron chi connectivity index (χ1n) is 3.65. The Morgan fingerprint density at radius 1 is 1.77 bits per heavy atom.